The van der Waals surface area contributed by atoms with Crippen molar-refractivity contribution in [2.45, 2.75) is 18.7 Å². The Labute approximate surface area is 67.1 Å². The fourth-order valence-electron chi connectivity index (χ4n) is 0.550. The highest BCUT2D eigenvalue weighted by atomic mass is 35.5. The predicted molar refractivity (Wildman–Crippen MR) is 47.8 cm³/mol. The number of aliphatic imine (C=N–C) groups is 1. The summed E-state index contributed by atoms with van der Waals surface area (Å²) in [6.45, 7) is 10.7. The van der Waals surface area contributed by atoms with Gasteiger partial charge >= 0.3 is 0 Å². The van der Waals surface area contributed by atoms with Crippen molar-refractivity contribution < 1.29 is 0 Å². The summed E-state index contributed by atoms with van der Waals surface area (Å²) >= 11 is 5.93. The molecule has 0 aromatic heterocycles. The van der Waals surface area contributed by atoms with E-state index in [2.05, 4.69) is 18.3 Å². The summed E-state index contributed by atoms with van der Waals surface area (Å²) in [7, 11) is 0. The second-order valence-corrected chi connectivity index (χ2v) is 3.36. The van der Waals surface area contributed by atoms with Crippen molar-refractivity contribution in [3.05, 3.63) is 24.4 Å². The third-order valence-electron chi connectivity index (χ3n) is 1.06. The molecular formula is C8H12ClN. The fourth-order valence-corrected chi connectivity index (χ4v) is 0.673. The molecule has 0 heterocycles. The van der Waals surface area contributed by atoms with Crippen molar-refractivity contribution in [3.63, 3.8) is 0 Å². The topological polar surface area (TPSA) is 12.4 Å². The molecule has 0 aliphatic rings. The Kier molecular flexibility index (Phi) is 3.37. The molecular weight excluding hydrogens is 146 g/mol. The summed E-state index contributed by atoms with van der Waals surface area (Å²) in [5, 5.41) is 0. The quantitative estimate of drug-likeness (QED) is 0.340. The van der Waals surface area contributed by atoms with Gasteiger partial charge in [-0.1, -0.05) is 12.7 Å². The molecule has 0 bridgehead atoms. The van der Waals surface area contributed by atoms with Gasteiger partial charge in [0.15, 0.2) is 0 Å². The molecule has 0 N–H and O–H groups in total. The first-order valence-corrected chi connectivity index (χ1v) is 3.39. The third kappa shape index (κ3) is 2.83. The lowest BCUT2D eigenvalue weighted by Gasteiger charge is -2.14. The van der Waals surface area contributed by atoms with E-state index in [1.54, 1.807) is 12.2 Å². The summed E-state index contributed by atoms with van der Waals surface area (Å²) in [5.74, 6) is 0. The Bertz CT molecular complexity index is 163. The lowest BCUT2D eigenvalue weighted by atomic mass is 10.1. The molecule has 1 nitrogen and oxygen atoms in total. The molecule has 0 fully saturated rings. The van der Waals surface area contributed by atoms with Crippen LogP contribution in [0.2, 0.25) is 0 Å². The van der Waals surface area contributed by atoms with Crippen molar-refractivity contribution in [3.8, 4) is 0 Å². The van der Waals surface area contributed by atoms with E-state index in [4.69, 9.17) is 11.6 Å². The number of halogens is 1. The average Bonchev–Trinajstić information content (AvgIpc) is 1.80. The van der Waals surface area contributed by atoms with Crippen LogP contribution < -0.4 is 0 Å². The van der Waals surface area contributed by atoms with E-state index in [-0.39, 0.29) is 0 Å². The second-order valence-electron chi connectivity index (χ2n) is 2.42. The van der Waals surface area contributed by atoms with Crippen molar-refractivity contribution >= 4 is 18.3 Å². The molecule has 0 aliphatic carbocycles. The summed E-state index contributed by atoms with van der Waals surface area (Å²) in [4.78, 5) is 3.31. The van der Waals surface area contributed by atoms with Gasteiger partial charge in [-0.2, -0.15) is 0 Å². The van der Waals surface area contributed by atoms with Crippen LogP contribution in [-0.2, 0) is 0 Å². The lowest BCUT2D eigenvalue weighted by molar-refractivity contribution is 0.807. The first kappa shape index (κ1) is 9.44. The molecule has 0 spiro atoms. The normalized spacial score (nSPS) is 12.9. The highest BCUT2D eigenvalue weighted by Crippen LogP contribution is 2.23. The van der Waals surface area contributed by atoms with E-state index in [0.29, 0.717) is 0 Å². The van der Waals surface area contributed by atoms with Crippen molar-refractivity contribution in [2.24, 2.45) is 4.99 Å². The Hall–Kier alpha value is -0.560. The van der Waals surface area contributed by atoms with E-state index in [1.807, 2.05) is 13.8 Å². The van der Waals surface area contributed by atoms with Crippen LogP contribution >= 0.6 is 11.6 Å². The maximum Gasteiger partial charge on any atom is 0.0809 e. The lowest BCUT2D eigenvalue weighted by Crippen LogP contribution is -2.11. The van der Waals surface area contributed by atoms with E-state index in [1.165, 1.54) is 0 Å². The first-order chi connectivity index (χ1) is 4.52. The van der Waals surface area contributed by atoms with Gasteiger partial charge in [-0.15, -0.1) is 11.6 Å². The maximum absolute atomic E-state index is 5.93. The zero-order valence-electron chi connectivity index (χ0n) is 6.39. The molecule has 56 valence electrons. The number of alkyl halides is 1. The number of hydrogen-bond acceptors (Lipinski definition) is 1. The molecule has 0 amide bonds. The zero-order valence-corrected chi connectivity index (χ0v) is 7.15. The van der Waals surface area contributed by atoms with Crippen LogP contribution in [0.3, 0.4) is 0 Å². The van der Waals surface area contributed by atoms with Gasteiger partial charge in [-0.25, -0.2) is 0 Å². The van der Waals surface area contributed by atoms with Gasteiger partial charge in [0.25, 0.3) is 0 Å². The smallest absolute Gasteiger partial charge is 0.0809 e. The number of rotatable bonds is 3. The van der Waals surface area contributed by atoms with Gasteiger partial charge in [0.05, 0.1) is 10.6 Å². The Balaban J connectivity index is 4.51. The van der Waals surface area contributed by atoms with Crippen LogP contribution in [0.4, 0.5) is 0 Å². The number of nitrogens with zero attached hydrogens (tertiary/aromatic N) is 1. The van der Waals surface area contributed by atoms with E-state index >= 15 is 0 Å². The predicted octanol–water partition coefficient (Wildman–Crippen LogP) is 2.77. The van der Waals surface area contributed by atoms with Gasteiger partial charge in [-0.3, -0.25) is 4.99 Å². The summed E-state index contributed by atoms with van der Waals surface area (Å²) in [6.07, 6.45) is 3.40. The van der Waals surface area contributed by atoms with Gasteiger partial charge in [0.1, 0.15) is 0 Å². The van der Waals surface area contributed by atoms with Crippen LogP contribution in [0.25, 0.3) is 0 Å². The minimum absolute atomic E-state index is 0.448. The highest BCUT2D eigenvalue weighted by molar-refractivity contribution is 6.25. The monoisotopic (exact) mass is 157 g/mol. The first-order valence-electron chi connectivity index (χ1n) is 3.01. The minimum atomic E-state index is -0.448. The second kappa shape index (κ2) is 3.57. The van der Waals surface area contributed by atoms with E-state index < -0.39 is 4.87 Å². The van der Waals surface area contributed by atoms with Crippen LogP contribution in [0.5, 0.6) is 0 Å². The van der Waals surface area contributed by atoms with Gasteiger partial charge in [-0.05, 0) is 26.6 Å². The van der Waals surface area contributed by atoms with Crippen LogP contribution in [0.15, 0.2) is 29.4 Å². The molecule has 0 aromatic carbocycles. The Morgan fingerprint density at radius 2 is 2.10 bits per heavy atom. The van der Waals surface area contributed by atoms with Gasteiger partial charge in [0, 0.05) is 0 Å². The molecule has 0 radical (unpaired) electrons. The largest absolute Gasteiger partial charge is 0.267 e. The molecule has 0 rings (SSSR count). The SMILES string of the molecule is C=C/C=C(/N=C)C(C)(C)Cl. The van der Waals surface area contributed by atoms with Crippen LogP contribution in [0, 0.1) is 0 Å². The third-order valence-corrected chi connectivity index (χ3v) is 1.25. The maximum atomic E-state index is 5.93. The molecule has 2 heteroatoms. The van der Waals surface area contributed by atoms with Crippen molar-refractivity contribution in [1.82, 2.24) is 0 Å². The van der Waals surface area contributed by atoms with Crippen LogP contribution in [-0.4, -0.2) is 11.6 Å². The van der Waals surface area contributed by atoms with Crippen molar-refractivity contribution in [2.75, 3.05) is 0 Å². The summed E-state index contributed by atoms with van der Waals surface area (Å²) < 4.78 is 0. The zero-order chi connectivity index (χ0) is 8.20. The minimum Gasteiger partial charge on any atom is -0.267 e. The van der Waals surface area contributed by atoms with E-state index in [9.17, 15) is 0 Å². The Morgan fingerprint density at radius 1 is 1.60 bits per heavy atom. The van der Waals surface area contributed by atoms with Crippen LogP contribution in [0.1, 0.15) is 13.8 Å². The van der Waals surface area contributed by atoms with Crippen molar-refractivity contribution in [1.29, 1.82) is 0 Å². The van der Waals surface area contributed by atoms with E-state index in [0.717, 1.165) is 5.70 Å². The standard InChI is InChI=1S/C8H12ClN/c1-5-6-7(10-4)8(2,3)9/h5-6H,1,4H2,2-3H3/b7-6+. The molecule has 0 saturated heterocycles. The Morgan fingerprint density at radius 3 is 2.20 bits per heavy atom. The summed E-state index contributed by atoms with van der Waals surface area (Å²) in [6, 6.07) is 0. The molecule has 10 heavy (non-hydrogen) atoms. The molecule has 0 unspecified atom stereocenters. The van der Waals surface area contributed by atoms with Gasteiger partial charge in [0.2, 0.25) is 0 Å². The van der Waals surface area contributed by atoms with Gasteiger partial charge < -0.3 is 0 Å². The number of hydrogen-bond donors (Lipinski definition) is 0. The molecule has 0 aromatic rings. The summed E-state index contributed by atoms with van der Waals surface area (Å²) in [5.41, 5.74) is 0.740. The highest BCUT2D eigenvalue weighted by Gasteiger charge is 2.17. The molecule has 0 saturated carbocycles. The number of allylic oxidation sites excluding steroid dienone is 3. The fraction of sp³-hybridized carbons (Fsp3) is 0.375. The molecule has 0 aliphatic heterocycles. The molecule has 0 atom stereocenters. The average molecular weight is 158 g/mol.